The molecule has 1 N–H and O–H groups in total. The number of methoxy groups -OCH3 is 1. The molecule has 3 rings (SSSR count). The number of hydrogen-bond acceptors (Lipinski definition) is 2. The van der Waals surface area contributed by atoms with Crippen molar-refractivity contribution in [3.05, 3.63) is 118 Å². The van der Waals surface area contributed by atoms with Crippen molar-refractivity contribution >= 4 is 5.91 Å². The highest BCUT2D eigenvalue weighted by Crippen LogP contribution is 2.38. The topological polar surface area (TPSA) is 38.3 Å². The molecule has 0 atom stereocenters. The van der Waals surface area contributed by atoms with Gasteiger partial charge < -0.3 is 10.1 Å². The van der Waals surface area contributed by atoms with Crippen LogP contribution in [0.25, 0.3) is 0 Å². The van der Waals surface area contributed by atoms with Crippen LogP contribution in [0, 0.1) is 18.6 Å². The number of hydrogen-bond donors (Lipinski definition) is 1. The van der Waals surface area contributed by atoms with Gasteiger partial charge in [0, 0.05) is 0 Å². The average Bonchev–Trinajstić information content (AvgIpc) is 2.81. The van der Waals surface area contributed by atoms with E-state index in [0.717, 1.165) is 23.8 Å². The molecule has 0 saturated carbocycles. The molecule has 204 valence electrons. The van der Waals surface area contributed by atoms with Gasteiger partial charge in [0.05, 0.1) is 24.8 Å². The molecule has 38 heavy (non-hydrogen) atoms. The fourth-order valence-corrected chi connectivity index (χ4v) is 3.27. The van der Waals surface area contributed by atoms with E-state index in [9.17, 15) is 39.9 Å². The van der Waals surface area contributed by atoms with Gasteiger partial charge in [-0.3, -0.25) is 4.79 Å². The minimum absolute atomic E-state index is 0.00308. The van der Waals surface area contributed by atoms with Gasteiger partial charge in [0.25, 0.3) is 5.91 Å². The Balaban J connectivity index is 0.000000281. The molecular weight excluding hydrogens is 522 g/mol. The molecule has 0 radical (unpaired) electrons. The summed E-state index contributed by atoms with van der Waals surface area (Å²) in [7, 11) is 1.39. The van der Waals surface area contributed by atoms with Gasteiger partial charge in [0.1, 0.15) is 23.0 Å². The molecule has 0 spiro atoms. The quantitative estimate of drug-likeness (QED) is 0.258. The second kappa shape index (κ2) is 12.6. The van der Waals surface area contributed by atoms with Gasteiger partial charge in [-0.05, 0) is 48.7 Å². The first-order chi connectivity index (χ1) is 17.6. The Morgan fingerprint density at radius 3 is 2.03 bits per heavy atom. The summed E-state index contributed by atoms with van der Waals surface area (Å²) in [5, 5.41) is 2.29. The molecule has 0 aliphatic carbocycles. The number of aryl methyl sites for hydroxylation is 1. The predicted octanol–water partition coefficient (Wildman–Crippen LogP) is 7.48. The molecule has 3 nitrogen and oxygen atoms in total. The highest BCUT2D eigenvalue weighted by atomic mass is 19.4. The number of ether oxygens (including phenoxy) is 1. The number of halogens is 8. The lowest BCUT2D eigenvalue weighted by atomic mass is 9.96. The Bertz CT molecular complexity index is 1260. The maximum atomic E-state index is 13.2. The Morgan fingerprint density at radius 1 is 0.895 bits per heavy atom. The number of alkyl halides is 6. The van der Waals surface area contributed by atoms with E-state index in [2.05, 4.69) is 11.9 Å². The number of carbonyl (C=O) groups excluding carboxylic acids is 1. The van der Waals surface area contributed by atoms with Crippen molar-refractivity contribution in [3.63, 3.8) is 0 Å². The average molecular weight is 545 g/mol. The molecule has 0 unspecified atom stereocenters. The highest BCUT2D eigenvalue weighted by molar-refractivity contribution is 5.94. The van der Waals surface area contributed by atoms with Gasteiger partial charge in [-0.1, -0.05) is 48.5 Å². The summed E-state index contributed by atoms with van der Waals surface area (Å²) in [6, 6.07) is 11.8. The second-order valence-corrected chi connectivity index (χ2v) is 8.06. The van der Waals surface area contributed by atoms with E-state index in [-0.39, 0.29) is 24.6 Å². The number of carbonyl (C=O) groups is 1. The number of nitrogens with one attached hydrogen (secondary N) is 1. The van der Waals surface area contributed by atoms with Crippen molar-refractivity contribution in [1.82, 2.24) is 5.32 Å². The molecule has 0 aliphatic rings. The third kappa shape index (κ3) is 8.60. The second-order valence-electron chi connectivity index (χ2n) is 8.06. The maximum Gasteiger partial charge on any atom is 0.416 e. The van der Waals surface area contributed by atoms with Crippen LogP contribution in [0.2, 0.25) is 0 Å². The highest BCUT2D eigenvalue weighted by Gasteiger charge is 2.38. The van der Waals surface area contributed by atoms with E-state index >= 15 is 0 Å². The molecule has 0 heterocycles. The van der Waals surface area contributed by atoms with Crippen molar-refractivity contribution in [2.24, 2.45) is 0 Å². The SMILES string of the molecule is C=C(CNC(=O)c1c(F)cccc1F)OC.Cc1cccc(Cc2ccc(C(F)(F)F)cc2C(F)(F)F)c1. The lowest BCUT2D eigenvalue weighted by Gasteiger charge is -2.16. The molecule has 0 saturated heterocycles. The van der Waals surface area contributed by atoms with Gasteiger partial charge in [-0.2, -0.15) is 26.3 Å². The number of rotatable bonds is 6. The van der Waals surface area contributed by atoms with E-state index in [1.54, 1.807) is 31.2 Å². The van der Waals surface area contributed by atoms with Crippen LogP contribution in [0.5, 0.6) is 0 Å². The van der Waals surface area contributed by atoms with Crippen molar-refractivity contribution < 1.29 is 44.7 Å². The molecule has 11 heteroatoms. The van der Waals surface area contributed by atoms with Crippen LogP contribution in [-0.2, 0) is 23.5 Å². The summed E-state index contributed by atoms with van der Waals surface area (Å²) in [6.07, 6.45) is -9.71. The predicted molar refractivity (Wildman–Crippen MR) is 125 cm³/mol. The van der Waals surface area contributed by atoms with Crippen LogP contribution < -0.4 is 5.32 Å². The van der Waals surface area contributed by atoms with Crippen LogP contribution in [-0.4, -0.2) is 19.6 Å². The Hall–Kier alpha value is -3.89. The molecular formula is C27H23F8NO2. The largest absolute Gasteiger partial charge is 0.500 e. The fraction of sp³-hybridized carbons (Fsp3) is 0.222. The summed E-state index contributed by atoms with van der Waals surface area (Å²) in [4.78, 5) is 11.4. The summed E-state index contributed by atoms with van der Waals surface area (Å²) in [6.45, 7) is 5.25. The van der Waals surface area contributed by atoms with E-state index in [1.807, 2.05) is 0 Å². The van der Waals surface area contributed by atoms with Gasteiger partial charge in [-0.15, -0.1) is 0 Å². The lowest BCUT2D eigenvalue weighted by molar-refractivity contribution is -0.143. The number of benzene rings is 3. The minimum Gasteiger partial charge on any atom is -0.500 e. The van der Waals surface area contributed by atoms with Crippen LogP contribution in [0.4, 0.5) is 35.1 Å². The summed E-state index contributed by atoms with van der Waals surface area (Å²) in [5.74, 6) is -2.35. The van der Waals surface area contributed by atoms with Crippen LogP contribution >= 0.6 is 0 Å². The third-order valence-electron chi connectivity index (χ3n) is 5.14. The monoisotopic (exact) mass is 545 g/mol. The van der Waals surface area contributed by atoms with Gasteiger partial charge in [0.2, 0.25) is 0 Å². The fourth-order valence-electron chi connectivity index (χ4n) is 3.27. The Labute approximate surface area is 213 Å². The molecule has 1 amide bonds. The summed E-state index contributed by atoms with van der Waals surface area (Å²) >= 11 is 0. The molecule has 3 aromatic rings. The van der Waals surface area contributed by atoms with Gasteiger partial charge >= 0.3 is 12.4 Å². The summed E-state index contributed by atoms with van der Waals surface area (Å²) in [5.41, 5.74) is -1.84. The van der Waals surface area contributed by atoms with E-state index in [0.29, 0.717) is 17.4 Å². The van der Waals surface area contributed by atoms with Crippen LogP contribution in [0.3, 0.4) is 0 Å². The first-order valence-corrected chi connectivity index (χ1v) is 10.9. The van der Waals surface area contributed by atoms with Crippen molar-refractivity contribution in [2.75, 3.05) is 13.7 Å². The van der Waals surface area contributed by atoms with Crippen molar-refractivity contribution in [2.45, 2.75) is 25.7 Å². The lowest BCUT2D eigenvalue weighted by Crippen LogP contribution is -2.27. The maximum absolute atomic E-state index is 13.2. The third-order valence-corrected chi connectivity index (χ3v) is 5.14. The Kier molecular flexibility index (Phi) is 10.0. The first kappa shape index (κ1) is 30.3. The van der Waals surface area contributed by atoms with Crippen LogP contribution in [0.15, 0.2) is 73.0 Å². The molecule has 0 aromatic heterocycles. The summed E-state index contributed by atoms with van der Waals surface area (Å²) < 4.78 is 108. The molecule has 0 bridgehead atoms. The molecule has 0 fully saturated rings. The van der Waals surface area contributed by atoms with Crippen molar-refractivity contribution in [1.29, 1.82) is 0 Å². The smallest absolute Gasteiger partial charge is 0.416 e. The molecule has 0 aliphatic heterocycles. The first-order valence-electron chi connectivity index (χ1n) is 10.9. The van der Waals surface area contributed by atoms with Gasteiger partial charge in [0.15, 0.2) is 0 Å². The minimum atomic E-state index is -4.83. The standard InChI is InChI=1S/C16H12F6.C11H11F2NO2/c1-10-3-2-4-11(7-10)8-12-5-6-13(15(17,18)19)9-14(12)16(20,21)22;1-7(16-2)6-14-11(15)10-8(12)4-3-5-9(10)13/h2-7,9H,8H2,1H3;3-5H,1,6H2,2H3,(H,14,15). The van der Waals surface area contributed by atoms with E-state index in [1.165, 1.54) is 13.2 Å². The zero-order chi connectivity index (χ0) is 28.7. The van der Waals surface area contributed by atoms with Crippen molar-refractivity contribution in [3.8, 4) is 0 Å². The van der Waals surface area contributed by atoms with Gasteiger partial charge in [-0.25, -0.2) is 8.78 Å². The van der Waals surface area contributed by atoms with E-state index in [4.69, 9.17) is 4.74 Å². The normalized spacial score (nSPS) is 11.3. The molecule has 3 aromatic carbocycles. The zero-order valence-corrected chi connectivity index (χ0v) is 20.2. The zero-order valence-electron chi connectivity index (χ0n) is 20.2. The van der Waals surface area contributed by atoms with E-state index < -0.39 is 46.6 Å². The van der Waals surface area contributed by atoms with Crippen LogP contribution in [0.1, 0.15) is 38.2 Å². The number of amides is 1. The Morgan fingerprint density at radius 2 is 1.50 bits per heavy atom.